The molecule has 0 atom stereocenters. The first-order chi connectivity index (χ1) is 7.33. The van der Waals surface area contributed by atoms with Gasteiger partial charge in [-0.25, -0.2) is 0 Å². The molecule has 0 aliphatic rings. The molecule has 88 valence electrons. The minimum absolute atomic E-state index is 0.145. The standard InChI is InChI=1S/C10H10F3NO2/c1-14(2)9-4-3-8(5-7(9)6-15)16-10(11,12)13/h3-6H,1-2H3. The van der Waals surface area contributed by atoms with Gasteiger partial charge in [0.15, 0.2) is 6.29 Å². The Morgan fingerprint density at radius 1 is 1.31 bits per heavy atom. The summed E-state index contributed by atoms with van der Waals surface area (Å²) in [7, 11) is 3.37. The third-order valence-electron chi connectivity index (χ3n) is 1.84. The van der Waals surface area contributed by atoms with E-state index >= 15 is 0 Å². The van der Waals surface area contributed by atoms with Crippen LogP contribution in [0.25, 0.3) is 0 Å². The molecule has 0 heterocycles. The zero-order valence-corrected chi connectivity index (χ0v) is 8.71. The molecule has 0 saturated heterocycles. The van der Waals surface area contributed by atoms with Crippen LogP contribution in [0.15, 0.2) is 18.2 Å². The predicted molar refractivity (Wildman–Crippen MR) is 52.8 cm³/mol. The maximum Gasteiger partial charge on any atom is 0.573 e. The Balaban J connectivity index is 3.05. The number of benzene rings is 1. The third kappa shape index (κ3) is 3.15. The van der Waals surface area contributed by atoms with Gasteiger partial charge in [0.25, 0.3) is 0 Å². The van der Waals surface area contributed by atoms with Gasteiger partial charge in [0.1, 0.15) is 5.75 Å². The van der Waals surface area contributed by atoms with Crippen molar-refractivity contribution in [2.75, 3.05) is 19.0 Å². The quantitative estimate of drug-likeness (QED) is 0.751. The monoisotopic (exact) mass is 233 g/mol. The molecule has 0 unspecified atom stereocenters. The lowest BCUT2D eigenvalue weighted by atomic mass is 10.2. The zero-order valence-electron chi connectivity index (χ0n) is 8.71. The molecule has 1 rings (SSSR count). The van der Waals surface area contributed by atoms with Gasteiger partial charge in [-0.2, -0.15) is 0 Å². The van der Waals surface area contributed by atoms with Crippen LogP contribution in [0.4, 0.5) is 18.9 Å². The first kappa shape index (κ1) is 12.4. The number of hydrogen-bond donors (Lipinski definition) is 0. The number of ether oxygens (including phenoxy) is 1. The van der Waals surface area contributed by atoms with E-state index in [1.807, 2.05) is 0 Å². The first-order valence-corrected chi connectivity index (χ1v) is 4.36. The number of hydrogen-bond acceptors (Lipinski definition) is 3. The van der Waals surface area contributed by atoms with E-state index in [1.54, 1.807) is 19.0 Å². The molecule has 0 aliphatic carbocycles. The summed E-state index contributed by atoms with van der Waals surface area (Å²) in [6, 6.07) is 3.61. The summed E-state index contributed by atoms with van der Waals surface area (Å²) in [5.41, 5.74) is 0.677. The second kappa shape index (κ2) is 4.42. The molecule has 3 nitrogen and oxygen atoms in total. The number of carbonyl (C=O) groups excluding carboxylic acids is 1. The lowest BCUT2D eigenvalue weighted by molar-refractivity contribution is -0.274. The second-order valence-corrected chi connectivity index (χ2v) is 3.28. The topological polar surface area (TPSA) is 29.5 Å². The number of anilines is 1. The summed E-state index contributed by atoms with van der Waals surface area (Å²) >= 11 is 0. The fourth-order valence-corrected chi connectivity index (χ4v) is 1.23. The Kier molecular flexibility index (Phi) is 3.41. The molecule has 0 amide bonds. The molecular weight excluding hydrogens is 223 g/mol. The highest BCUT2D eigenvalue weighted by Gasteiger charge is 2.31. The van der Waals surface area contributed by atoms with Crippen LogP contribution in [0.2, 0.25) is 0 Å². The van der Waals surface area contributed by atoms with Crippen molar-refractivity contribution < 1.29 is 22.7 Å². The Morgan fingerprint density at radius 2 is 1.94 bits per heavy atom. The highest BCUT2D eigenvalue weighted by molar-refractivity contribution is 5.85. The molecule has 0 bridgehead atoms. The van der Waals surface area contributed by atoms with Crippen molar-refractivity contribution in [3.05, 3.63) is 23.8 Å². The number of alkyl halides is 3. The van der Waals surface area contributed by atoms with E-state index < -0.39 is 12.1 Å². The van der Waals surface area contributed by atoms with E-state index in [-0.39, 0.29) is 5.56 Å². The SMILES string of the molecule is CN(C)c1ccc(OC(F)(F)F)cc1C=O. The molecule has 6 heteroatoms. The van der Waals surface area contributed by atoms with Gasteiger partial charge in [0.05, 0.1) is 0 Å². The summed E-state index contributed by atoms with van der Waals surface area (Å²) in [5.74, 6) is -0.403. The average Bonchev–Trinajstić information content (AvgIpc) is 2.14. The summed E-state index contributed by atoms with van der Waals surface area (Å²) in [4.78, 5) is 12.3. The van der Waals surface area contributed by atoms with Crippen molar-refractivity contribution in [3.63, 3.8) is 0 Å². The van der Waals surface area contributed by atoms with E-state index in [0.717, 1.165) is 12.1 Å². The highest BCUT2D eigenvalue weighted by Crippen LogP contribution is 2.27. The van der Waals surface area contributed by atoms with E-state index in [0.29, 0.717) is 12.0 Å². The van der Waals surface area contributed by atoms with E-state index in [9.17, 15) is 18.0 Å². The Labute approximate surface area is 90.4 Å². The van der Waals surface area contributed by atoms with Crippen molar-refractivity contribution in [2.45, 2.75) is 6.36 Å². The van der Waals surface area contributed by atoms with E-state index in [2.05, 4.69) is 4.74 Å². The number of nitrogens with zero attached hydrogens (tertiary/aromatic N) is 1. The second-order valence-electron chi connectivity index (χ2n) is 3.28. The van der Waals surface area contributed by atoms with Crippen LogP contribution >= 0.6 is 0 Å². The molecule has 0 aromatic heterocycles. The minimum atomic E-state index is -4.75. The van der Waals surface area contributed by atoms with Gasteiger partial charge < -0.3 is 9.64 Å². The van der Waals surface area contributed by atoms with Gasteiger partial charge in [-0.05, 0) is 18.2 Å². The minimum Gasteiger partial charge on any atom is -0.406 e. The molecule has 0 aliphatic heterocycles. The largest absolute Gasteiger partial charge is 0.573 e. The molecule has 0 fully saturated rings. The van der Waals surface area contributed by atoms with Crippen molar-refractivity contribution in [1.82, 2.24) is 0 Å². The van der Waals surface area contributed by atoms with Gasteiger partial charge in [-0.15, -0.1) is 13.2 Å². The smallest absolute Gasteiger partial charge is 0.406 e. The van der Waals surface area contributed by atoms with E-state index in [1.165, 1.54) is 6.07 Å². The number of halogens is 3. The molecule has 0 spiro atoms. The van der Waals surface area contributed by atoms with Crippen molar-refractivity contribution >= 4 is 12.0 Å². The van der Waals surface area contributed by atoms with Gasteiger partial charge in [0, 0.05) is 25.3 Å². The molecule has 0 saturated carbocycles. The van der Waals surface area contributed by atoms with Crippen molar-refractivity contribution in [1.29, 1.82) is 0 Å². The van der Waals surface area contributed by atoms with Crippen LogP contribution in [-0.4, -0.2) is 26.7 Å². The van der Waals surface area contributed by atoms with Gasteiger partial charge in [-0.1, -0.05) is 0 Å². The van der Waals surface area contributed by atoms with Crippen molar-refractivity contribution in [3.8, 4) is 5.75 Å². The van der Waals surface area contributed by atoms with Crippen LogP contribution < -0.4 is 9.64 Å². The molecule has 1 aromatic carbocycles. The van der Waals surface area contributed by atoms with Gasteiger partial charge in [0.2, 0.25) is 0 Å². The fraction of sp³-hybridized carbons (Fsp3) is 0.300. The molecular formula is C10H10F3NO2. The lowest BCUT2D eigenvalue weighted by Crippen LogP contribution is -2.17. The zero-order chi connectivity index (χ0) is 12.3. The van der Waals surface area contributed by atoms with Gasteiger partial charge in [-0.3, -0.25) is 4.79 Å². The maximum absolute atomic E-state index is 11.9. The lowest BCUT2D eigenvalue weighted by Gasteiger charge is -2.16. The third-order valence-corrected chi connectivity index (χ3v) is 1.84. The van der Waals surface area contributed by atoms with Crippen LogP contribution in [0.3, 0.4) is 0 Å². The Bertz CT molecular complexity index is 388. The predicted octanol–water partition coefficient (Wildman–Crippen LogP) is 2.46. The molecule has 0 radical (unpaired) electrons. The Hall–Kier alpha value is -1.72. The number of rotatable bonds is 3. The fourth-order valence-electron chi connectivity index (χ4n) is 1.23. The number of carbonyl (C=O) groups is 1. The van der Waals surface area contributed by atoms with Crippen LogP contribution in [0.1, 0.15) is 10.4 Å². The summed E-state index contributed by atoms with van der Waals surface area (Å²) in [6.07, 6.45) is -4.27. The highest BCUT2D eigenvalue weighted by atomic mass is 19.4. The summed E-state index contributed by atoms with van der Waals surface area (Å²) in [6.45, 7) is 0. The molecule has 16 heavy (non-hydrogen) atoms. The van der Waals surface area contributed by atoms with E-state index in [4.69, 9.17) is 0 Å². The van der Waals surface area contributed by atoms with Crippen LogP contribution in [0.5, 0.6) is 5.75 Å². The Morgan fingerprint density at radius 3 is 2.38 bits per heavy atom. The maximum atomic E-state index is 11.9. The molecule has 0 N–H and O–H groups in total. The average molecular weight is 233 g/mol. The van der Waals surface area contributed by atoms with Crippen LogP contribution in [-0.2, 0) is 0 Å². The number of aldehydes is 1. The van der Waals surface area contributed by atoms with Gasteiger partial charge >= 0.3 is 6.36 Å². The first-order valence-electron chi connectivity index (χ1n) is 4.36. The van der Waals surface area contributed by atoms with Crippen molar-refractivity contribution in [2.24, 2.45) is 0 Å². The summed E-state index contributed by atoms with van der Waals surface area (Å²) < 4.78 is 39.4. The van der Waals surface area contributed by atoms with Crippen LogP contribution in [0, 0.1) is 0 Å². The molecule has 1 aromatic rings. The normalized spacial score (nSPS) is 11.1. The summed E-state index contributed by atoms with van der Waals surface area (Å²) in [5, 5.41) is 0.